The second kappa shape index (κ2) is 5.17. The predicted molar refractivity (Wildman–Crippen MR) is 62.4 cm³/mol. The summed E-state index contributed by atoms with van der Waals surface area (Å²) in [5.74, 6) is -0.598. The van der Waals surface area contributed by atoms with E-state index in [0.717, 1.165) is 6.07 Å². The van der Waals surface area contributed by atoms with Crippen LogP contribution in [-0.4, -0.2) is 29.2 Å². The minimum absolute atomic E-state index is 0.110. The van der Waals surface area contributed by atoms with E-state index < -0.39 is 30.2 Å². The Morgan fingerprint density at radius 1 is 1.50 bits per heavy atom. The van der Waals surface area contributed by atoms with Crippen LogP contribution in [0.25, 0.3) is 0 Å². The van der Waals surface area contributed by atoms with E-state index in [0.29, 0.717) is 0 Å². The minimum atomic E-state index is -4.58. The molecule has 0 radical (unpaired) electrons. The van der Waals surface area contributed by atoms with E-state index >= 15 is 0 Å². The van der Waals surface area contributed by atoms with Crippen LogP contribution in [0.5, 0.6) is 0 Å². The number of nitrogens with zero attached hydrogens (tertiary/aromatic N) is 2. The molecule has 0 aliphatic carbocycles. The number of pyridine rings is 1. The fourth-order valence-electron chi connectivity index (χ4n) is 1.40. The molecule has 0 aromatic carbocycles. The molecule has 9 heteroatoms. The van der Waals surface area contributed by atoms with Gasteiger partial charge in [-0.3, -0.25) is 4.79 Å². The molecule has 1 fully saturated rings. The fourth-order valence-corrected chi connectivity index (χ4v) is 1.40. The summed E-state index contributed by atoms with van der Waals surface area (Å²) in [7, 11) is 0. The highest BCUT2D eigenvalue weighted by molar-refractivity contribution is 6.06. The van der Waals surface area contributed by atoms with Crippen molar-refractivity contribution in [2.45, 2.75) is 25.6 Å². The molecule has 0 bridgehead atoms. The number of carbonyl (C=O) groups excluding carboxylic acids is 1. The number of hydrogen-bond acceptors (Lipinski definition) is 5. The van der Waals surface area contributed by atoms with Crippen molar-refractivity contribution in [1.82, 2.24) is 10.3 Å². The first kappa shape index (κ1) is 14.4. The maximum atomic E-state index is 12.6. The molecule has 0 spiro atoms. The Balaban J connectivity index is 2.33. The Hall–Kier alpha value is -2.00. The Morgan fingerprint density at radius 3 is 2.65 bits per heavy atom. The molecular weight excluding hydrogens is 277 g/mol. The molecule has 0 saturated carbocycles. The molecule has 3 N–H and O–H groups in total. The fraction of sp³-hybridized carbons (Fsp3) is 0.364. The van der Waals surface area contributed by atoms with E-state index in [1.807, 2.05) is 0 Å². The van der Waals surface area contributed by atoms with Gasteiger partial charge in [0.25, 0.3) is 0 Å². The number of nitrogens with two attached hydrogens (primary N) is 1. The number of aliphatic imine (C=N–C) groups is 1. The summed E-state index contributed by atoms with van der Waals surface area (Å²) in [6.45, 7) is 1.21. The molecule has 20 heavy (non-hydrogen) atoms. The molecule has 2 rings (SSSR count). The summed E-state index contributed by atoms with van der Waals surface area (Å²) in [6.07, 6.45) is -5.89. The number of carbonyl (C=O) groups is 1. The van der Waals surface area contributed by atoms with Crippen molar-refractivity contribution in [2.75, 3.05) is 0 Å². The highest BCUT2D eigenvalue weighted by Gasteiger charge is 2.36. The number of nitrogens with one attached hydrogen (secondary N) is 1. The average Bonchev–Trinajstić information content (AvgIpc) is 3.03. The second-order valence-corrected chi connectivity index (χ2v) is 4.06. The molecule has 6 nitrogen and oxygen atoms in total. The summed E-state index contributed by atoms with van der Waals surface area (Å²) < 4.78 is 42.6. The number of hydrogen-bond donors (Lipinski definition) is 2. The zero-order chi connectivity index (χ0) is 14.9. The van der Waals surface area contributed by atoms with E-state index in [4.69, 9.17) is 10.5 Å². The number of ether oxygens (including phenoxy) is 1. The SMILES string of the molecule is CC(=O)NC(=NC1OC1N)c1cccc(C(F)(F)F)n1. The van der Waals surface area contributed by atoms with Crippen LogP contribution in [0.4, 0.5) is 13.2 Å². The van der Waals surface area contributed by atoms with Gasteiger partial charge in [0.05, 0.1) is 0 Å². The van der Waals surface area contributed by atoms with Gasteiger partial charge in [-0.2, -0.15) is 13.2 Å². The Kier molecular flexibility index (Phi) is 3.73. The molecule has 2 atom stereocenters. The molecule has 1 saturated heterocycles. The lowest BCUT2D eigenvalue weighted by Crippen LogP contribution is -2.31. The van der Waals surface area contributed by atoms with E-state index in [9.17, 15) is 18.0 Å². The molecule has 1 aliphatic heterocycles. The summed E-state index contributed by atoms with van der Waals surface area (Å²) >= 11 is 0. The van der Waals surface area contributed by atoms with Crippen molar-refractivity contribution < 1.29 is 22.7 Å². The largest absolute Gasteiger partial charge is 0.433 e. The first-order valence-corrected chi connectivity index (χ1v) is 5.58. The maximum absolute atomic E-state index is 12.6. The highest BCUT2D eigenvalue weighted by Crippen LogP contribution is 2.27. The smallest absolute Gasteiger partial charge is 0.330 e. The number of halogens is 3. The van der Waals surface area contributed by atoms with Gasteiger partial charge in [0.1, 0.15) is 11.4 Å². The van der Waals surface area contributed by atoms with Crippen molar-refractivity contribution in [3.05, 3.63) is 29.6 Å². The van der Waals surface area contributed by atoms with Gasteiger partial charge in [0, 0.05) is 6.92 Å². The molecule has 1 amide bonds. The quantitative estimate of drug-likeness (QED) is 0.474. The van der Waals surface area contributed by atoms with Crippen LogP contribution < -0.4 is 11.1 Å². The lowest BCUT2D eigenvalue weighted by molar-refractivity contribution is -0.141. The third kappa shape index (κ3) is 3.52. The van der Waals surface area contributed by atoms with E-state index in [2.05, 4.69) is 15.3 Å². The van der Waals surface area contributed by atoms with Crippen LogP contribution in [0.1, 0.15) is 18.3 Å². The van der Waals surface area contributed by atoms with Gasteiger partial charge in [0.2, 0.25) is 5.91 Å². The van der Waals surface area contributed by atoms with E-state index in [1.165, 1.54) is 19.1 Å². The topological polar surface area (TPSA) is 92.9 Å². The lowest BCUT2D eigenvalue weighted by atomic mass is 10.2. The number of epoxide rings is 1. The summed E-state index contributed by atoms with van der Waals surface area (Å²) in [5, 5.41) is 2.31. The van der Waals surface area contributed by atoms with Crippen molar-refractivity contribution >= 4 is 11.7 Å². The number of rotatable bonds is 2. The normalized spacial score (nSPS) is 22.6. The number of amides is 1. The molecule has 2 unspecified atom stereocenters. The van der Waals surface area contributed by atoms with Crippen LogP contribution in [0.2, 0.25) is 0 Å². The first-order valence-electron chi connectivity index (χ1n) is 5.58. The van der Waals surface area contributed by atoms with Gasteiger partial charge in [-0.05, 0) is 12.1 Å². The van der Waals surface area contributed by atoms with Crippen molar-refractivity contribution in [3.8, 4) is 0 Å². The third-order valence-electron chi connectivity index (χ3n) is 2.33. The van der Waals surface area contributed by atoms with Gasteiger partial charge in [-0.1, -0.05) is 6.07 Å². The minimum Gasteiger partial charge on any atom is -0.330 e. The van der Waals surface area contributed by atoms with Crippen LogP contribution in [0, 0.1) is 0 Å². The number of amidine groups is 1. The van der Waals surface area contributed by atoms with Gasteiger partial charge in [-0.15, -0.1) is 0 Å². The standard InChI is InChI=1S/C11H11F3N4O2/c1-5(19)16-9(18-10-8(15)20-10)6-3-2-4-7(17-6)11(12,13)14/h2-4,8,10H,15H2,1H3,(H,16,18,19). The van der Waals surface area contributed by atoms with Crippen LogP contribution in [-0.2, 0) is 15.7 Å². The first-order chi connectivity index (χ1) is 9.27. The molecule has 1 aliphatic rings. The van der Waals surface area contributed by atoms with Gasteiger partial charge in [-0.25, -0.2) is 9.98 Å². The third-order valence-corrected chi connectivity index (χ3v) is 2.33. The second-order valence-electron chi connectivity index (χ2n) is 4.06. The maximum Gasteiger partial charge on any atom is 0.433 e. The summed E-state index contributed by atoms with van der Waals surface area (Å²) in [5.41, 5.74) is 4.19. The Morgan fingerprint density at radius 2 is 2.15 bits per heavy atom. The van der Waals surface area contributed by atoms with Crippen LogP contribution in [0.15, 0.2) is 23.2 Å². The molecular formula is C11H11F3N4O2. The van der Waals surface area contributed by atoms with Crippen LogP contribution in [0.3, 0.4) is 0 Å². The lowest BCUT2D eigenvalue weighted by Gasteiger charge is -2.09. The van der Waals surface area contributed by atoms with Crippen molar-refractivity contribution in [3.63, 3.8) is 0 Å². The van der Waals surface area contributed by atoms with E-state index in [-0.39, 0.29) is 11.5 Å². The predicted octanol–water partition coefficient (Wildman–Crippen LogP) is 0.624. The Bertz CT molecular complexity index is 559. The number of aromatic nitrogens is 1. The molecule has 2 heterocycles. The van der Waals surface area contributed by atoms with Gasteiger partial charge >= 0.3 is 6.18 Å². The van der Waals surface area contributed by atoms with Crippen molar-refractivity contribution in [1.29, 1.82) is 0 Å². The molecule has 1 aromatic rings. The Labute approximate surface area is 111 Å². The number of alkyl halides is 3. The van der Waals surface area contributed by atoms with Gasteiger partial charge < -0.3 is 15.8 Å². The monoisotopic (exact) mass is 288 g/mol. The molecule has 108 valence electrons. The molecule has 1 aromatic heterocycles. The van der Waals surface area contributed by atoms with Crippen molar-refractivity contribution in [2.24, 2.45) is 10.7 Å². The zero-order valence-corrected chi connectivity index (χ0v) is 10.3. The van der Waals surface area contributed by atoms with Crippen LogP contribution >= 0.6 is 0 Å². The van der Waals surface area contributed by atoms with E-state index in [1.54, 1.807) is 0 Å². The van der Waals surface area contributed by atoms with Gasteiger partial charge in [0.15, 0.2) is 18.3 Å². The highest BCUT2D eigenvalue weighted by atomic mass is 19.4. The summed E-state index contributed by atoms with van der Waals surface area (Å²) in [6, 6.07) is 3.31. The zero-order valence-electron chi connectivity index (χ0n) is 10.3. The summed E-state index contributed by atoms with van der Waals surface area (Å²) in [4.78, 5) is 18.4. The average molecular weight is 288 g/mol.